The molecule has 6 nitrogen and oxygen atoms in total. The molecule has 0 aromatic carbocycles. The van der Waals surface area contributed by atoms with Crippen molar-refractivity contribution >= 4 is 29.2 Å². The van der Waals surface area contributed by atoms with E-state index < -0.39 is 12.1 Å². The van der Waals surface area contributed by atoms with Crippen LogP contribution in [0.3, 0.4) is 0 Å². The van der Waals surface area contributed by atoms with E-state index in [4.69, 9.17) is 11.6 Å². The number of anilines is 1. The van der Waals surface area contributed by atoms with E-state index >= 15 is 0 Å². The molecule has 0 radical (unpaired) electrons. The van der Waals surface area contributed by atoms with Gasteiger partial charge in [-0.05, 0) is 24.8 Å². The van der Waals surface area contributed by atoms with Gasteiger partial charge in [0.1, 0.15) is 6.04 Å². The molecule has 1 aliphatic rings. The van der Waals surface area contributed by atoms with E-state index in [0.717, 1.165) is 25.9 Å². The van der Waals surface area contributed by atoms with Gasteiger partial charge in [-0.3, -0.25) is 9.78 Å². The highest BCUT2D eigenvalue weighted by molar-refractivity contribution is 6.30. The molecule has 22 heavy (non-hydrogen) atoms. The van der Waals surface area contributed by atoms with Crippen LogP contribution in [0, 0.1) is 5.92 Å². The number of aromatic nitrogens is 1. The summed E-state index contributed by atoms with van der Waals surface area (Å²) in [6, 6.07) is 0.626. The van der Waals surface area contributed by atoms with Crippen molar-refractivity contribution in [3.05, 3.63) is 23.5 Å². The first-order chi connectivity index (χ1) is 10.5. The number of carbonyl (C=O) groups excluding carboxylic acids is 2. The molecule has 0 spiro atoms. The zero-order chi connectivity index (χ0) is 16.1. The summed E-state index contributed by atoms with van der Waals surface area (Å²) in [5, 5.41) is 5.83. The Bertz CT molecular complexity index is 544. The van der Waals surface area contributed by atoms with Gasteiger partial charge in [0.05, 0.1) is 16.9 Å². The molecule has 2 N–H and O–H groups in total. The van der Waals surface area contributed by atoms with Gasteiger partial charge in [-0.1, -0.05) is 25.4 Å². The van der Waals surface area contributed by atoms with Gasteiger partial charge in [0.25, 0.3) is 0 Å². The lowest BCUT2D eigenvalue weighted by Gasteiger charge is -2.26. The standard InChI is InChI=1S/C15H21ClN4O2/c1-10(2)13(14(21)20-5-3-4-6-20)19-15(22)18-12-7-11(16)8-17-9-12/h7-10,13H,3-6H2,1-2H3,(H2,18,19,22)/t13-/m0/s1. The van der Waals surface area contributed by atoms with E-state index in [0.29, 0.717) is 10.7 Å². The van der Waals surface area contributed by atoms with Crippen molar-refractivity contribution in [1.82, 2.24) is 15.2 Å². The Balaban J connectivity index is 1.98. The molecule has 0 saturated carbocycles. The van der Waals surface area contributed by atoms with Crippen LogP contribution in [-0.4, -0.2) is 41.0 Å². The second kappa shape index (κ2) is 7.45. The summed E-state index contributed by atoms with van der Waals surface area (Å²) >= 11 is 5.83. The smallest absolute Gasteiger partial charge is 0.319 e. The van der Waals surface area contributed by atoms with E-state index in [1.807, 2.05) is 18.7 Å². The summed E-state index contributed by atoms with van der Waals surface area (Å²) in [6.45, 7) is 5.37. The fourth-order valence-corrected chi connectivity index (χ4v) is 2.61. The first kappa shape index (κ1) is 16.5. The molecule has 3 amide bonds. The third kappa shape index (κ3) is 4.34. The highest BCUT2D eigenvalue weighted by Gasteiger charge is 2.30. The minimum Gasteiger partial charge on any atom is -0.341 e. The fraction of sp³-hybridized carbons (Fsp3) is 0.533. The predicted octanol–water partition coefficient (Wildman–Crippen LogP) is 2.50. The largest absolute Gasteiger partial charge is 0.341 e. The fourth-order valence-electron chi connectivity index (χ4n) is 2.44. The summed E-state index contributed by atoms with van der Waals surface area (Å²) in [5.41, 5.74) is 0.487. The summed E-state index contributed by atoms with van der Waals surface area (Å²) < 4.78 is 0. The molecule has 120 valence electrons. The molecule has 1 atom stereocenters. The van der Waals surface area contributed by atoms with Crippen LogP contribution in [-0.2, 0) is 4.79 Å². The summed E-state index contributed by atoms with van der Waals surface area (Å²) in [4.78, 5) is 30.3. The summed E-state index contributed by atoms with van der Waals surface area (Å²) in [6.07, 6.45) is 5.03. The molecule has 2 heterocycles. The zero-order valence-electron chi connectivity index (χ0n) is 12.8. The van der Waals surface area contributed by atoms with Crippen molar-refractivity contribution in [3.8, 4) is 0 Å². The minimum atomic E-state index is -0.537. The van der Waals surface area contributed by atoms with Crippen LogP contribution < -0.4 is 10.6 Å². The van der Waals surface area contributed by atoms with Crippen LogP contribution in [0.15, 0.2) is 18.5 Å². The number of urea groups is 1. The van der Waals surface area contributed by atoms with Crippen molar-refractivity contribution in [3.63, 3.8) is 0 Å². The number of rotatable bonds is 4. The van der Waals surface area contributed by atoms with Gasteiger partial charge in [-0.25, -0.2) is 4.79 Å². The van der Waals surface area contributed by atoms with Gasteiger partial charge in [-0.15, -0.1) is 0 Å². The van der Waals surface area contributed by atoms with Crippen LogP contribution in [0.4, 0.5) is 10.5 Å². The Morgan fingerprint density at radius 2 is 1.95 bits per heavy atom. The van der Waals surface area contributed by atoms with Crippen LogP contribution in [0.25, 0.3) is 0 Å². The van der Waals surface area contributed by atoms with Gasteiger partial charge >= 0.3 is 6.03 Å². The zero-order valence-corrected chi connectivity index (χ0v) is 13.6. The monoisotopic (exact) mass is 324 g/mol. The van der Waals surface area contributed by atoms with Crippen LogP contribution >= 0.6 is 11.6 Å². The van der Waals surface area contributed by atoms with Gasteiger partial charge in [0, 0.05) is 19.3 Å². The summed E-state index contributed by atoms with van der Waals surface area (Å²) in [5.74, 6) is -0.0109. The molecule has 7 heteroatoms. The topological polar surface area (TPSA) is 74.3 Å². The number of carbonyl (C=O) groups is 2. The Hall–Kier alpha value is -1.82. The maximum Gasteiger partial charge on any atom is 0.319 e. The molecule has 0 unspecified atom stereocenters. The van der Waals surface area contributed by atoms with Crippen LogP contribution in [0.1, 0.15) is 26.7 Å². The normalized spacial score (nSPS) is 15.7. The van der Waals surface area contributed by atoms with E-state index in [9.17, 15) is 9.59 Å². The molecule has 1 aromatic heterocycles. The van der Waals surface area contributed by atoms with Crippen molar-refractivity contribution in [1.29, 1.82) is 0 Å². The lowest BCUT2D eigenvalue weighted by molar-refractivity contribution is -0.133. The Morgan fingerprint density at radius 3 is 2.55 bits per heavy atom. The lowest BCUT2D eigenvalue weighted by Crippen LogP contribution is -2.51. The maximum atomic E-state index is 12.5. The van der Waals surface area contributed by atoms with Crippen LogP contribution in [0.5, 0.6) is 0 Å². The SMILES string of the molecule is CC(C)[C@H](NC(=O)Nc1cncc(Cl)c1)C(=O)N1CCCC1. The molecule has 0 bridgehead atoms. The molecule has 2 rings (SSSR count). The number of halogens is 1. The Kier molecular flexibility index (Phi) is 5.60. The Morgan fingerprint density at radius 1 is 1.27 bits per heavy atom. The highest BCUT2D eigenvalue weighted by Crippen LogP contribution is 2.15. The minimum absolute atomic E-state index is 0.0105. The number of pyridine rings is 1. The number of hydrogen-bond acceptors (Lipinski definition) is 3. The predicted molar refractivity (Wildman–Crippen MR) is 85.8 cm³/mol. The Labute approximate surface area is 135 Å². The number of amides is 3. The van der Waals surface area contributed by atoms with Crippen molar-refractivity contribution in [2.45, 2.75) is 32.7 Å². The van der Waals surface area contributed by atoms with Gasteiger partial charge in [-0.2, -0.15) is 0 Å². The first-order valence-corrected chi connectivity index (χ1v) is 7.82. The van der Waals surface area contributed by atoms with Crippen LogP contribution in [0.2, 0.25) is 5.02 Å². The number of nitrogens with one attached hydrogen (secondary N) is 2. The molecule has 1 aliphatic heterocycles. The molecule has 0 aliphatic carbocycles. The van der Waals surface area contributed by atoms with E-state index in [-0.39, 0.29) is 11.8 Å². The second-order valence-corrected chi connectivity index (χ2v) is 6.18. The summed E-state index contributed by atoms with van der Waals surface area (Å²) in [7, 11) is 0. The third-order valence-electron chi connectivity index (χ3n) is 3.60. The number of hydrogen-bond donors (Lipinski definition) is 2. The van der Waals surface area contributed by atoms with E-state index in [2.05, 4.69) is 15.6 Å². The van der Waals surface area contributed by atoms with Gasteiger partial charge < -0.3 is 15.5 Å². The van der Waals surface area contributed by atoms with Crippen molar-refractivity contribution in [2.24, 2.45) is 5.92 Å². The first-order valence-electron chi connectivity index (χ1n) is 7.44. The van der Waals surface area contributed by atoms with E-state index in [1.54, 1.807) is 6.07 Å². The molecule has 1 aromatic rings. The molecule has 1 saturated heterocycles. The van der Waals surface area contributed by atoms with E-state index in [1.165, 1.54) is 12.4 Å². The quantitative estimate of drug-likeness (QED) is 0.893. The third-order valence-corrected chi connectivity index (χ3v) is 3.81. The average Bonchev–Trinajstić information content (AvgIpc) is 2.98. The maximum absolute atomic E-state index is 12.5. The van der Waals surface area contributed by atoms with Crippen molar-refractivity contribution in [2.75, 3.05) is 18.4 Å². The highest BCUT2D eigenvalue weighted by atomic mass is 35.5. The van der Waals surface area contributed by atoms with Crippen molar-refractivity contribution < 1.29 is 9.59 Å². The lowest BCUT2D eigenvalue weighted by atomic mass is 10.0. The van der Waals surface area contributed by atoms with Gasteiger partial charge in [0.2, 0.25) is 5.91 Å². The van der Waals surface area contributed by atoms with Gasteiger partial charge in [0.15, 0.2) is 0 Å². The number of nitrogens with zero attached hydrogens (tertiary/aromatic N) is 2. The molecular formula is C15H21ClN4O2. The molecular weight excluding hydrogens is 304 g/mol. The second-order valence-electron chi connectivity index (χ2n) is 5.74. The average molecular weight is 325 g/mol. The number of likely N-dealkylation sites (tertiary alicyclic amines) is 1. The molecule has 1 fully saturated rings.